The molecule has 0 unspecified atom stereocenters. The van der Waals surface area contributed by atoms with E-state index in [4.69, 9.17) is 9.47 Å². The Morgan fingerprint density at radius 3 is 2.84 bits per heavy atom. The molecule has 0 spiro atoms. The number of nitrogens with one attached hydrogen (secondary N) is 3. The van der Waals surface area contributed by atoms with Gasteiger partial charge in [-0.25, -0.2) is 4.98 Å². The third-order valence-corrected chi connectivity index (χ3v) is 5.37. The van der Waals surface area contributed by atoms with Gasteiger partial charge in [-0.2, -0.15) is 9.61 Å². The van der Waals surface area contributed by atoms with E-state index in [-0.39, 0.29) is 23.9 Å². The number of hydrogen-bond acceptors (Lipinski definition) is 7. The molecule has 10 nitrogen and oxygen atoms in total. The molecule has 164 valence electrons. The van der Waals surface area contributed by atoms with Crippen LogP contribution in [0.5, 0.6) is 11.6 Å². The summed E-state index contributed by atoms with van der Waals surface area (Å²) in [6, 6.07) is 3.44. The Bertz CT molecular complexity index is 1160. The summed E-state index contributed by atoms with van der Waals surface area (Å²) in [7, 11) is 1.49. The van der Waals surface area contributed by atoms with Crippen molar-refractivity contribution in [2.75, 3.05) is 20.2 Å². The Balaban J connectivity index is 1.61. The van der Waals surface area contributed by atoms with E-state index in [0.29, 0.717) is 34.1 Å². The number of aromatic nitrogens is 4. The second-order valence-corrected chi connectivity index (χ2v) is 7.57. The molecule has 0 saturated carbocycles. The van der Waals surface area contributed by atoms with Crippen molar-refractivity contribution in [2.45, 2.75) is 39.3 Å². The summed E-state index contributed by atoms with van der Waals surface area (Å²) in [5, 5.41) is 10.4. The number of aryl methyl sites for hydroxylation is 1. The van der Waals surface area contributed by atoms with Crippen molar-refractivity contribution in [1.29, 1.82) is 0 Å². The highest BCUT2D eigenvalue weighted by Gasteiger charge is 2.23. The van der Waals surface area contributed by atoms with Gasteiger partial charge >= 0.3 is 0 Å². The monoisotopic (exact) mass is 426 g/mol. The van der Waals surface area contributed by atoms with Crippen LogP contribution in [0.25, 0.3) is 5.65 Å². The summed E-state index contributed by atoms with van der Waals surface area (Å²) in [5.74, 6) is 0.531. The molecule has 0 aromatic carbocycles. The number of piperidine rings is 1. The smallest absolute Gasteiger partial charge is 0.270 e. The minimum absolute atomic E-state index is 0.00761. The van der Waals surface area contributed by atoms with Gasteiger partial charge in [-0.05, 0) is 45.8 Å². The van der Waals surface area contributed by atoms with Gasteiger partial charge in [0.2, 0.25) is 5.88 Å². The molecule has 4 rings (SSSR count). The Morgan fingerprint density at radius 1 is 1.32 bits per heavy atom. The standard InChI is InChI=1S/C21H26N6O4/c1-12-10-16(30-3)15(19(28)25-12)11-23-20(29)18-13(2)21(27-17(26-18)6-9-24-27)31-14-4-7-22-8-5-14/h6,9-10,14,22H,4-5,7-8,11H2,1-3H3,(H,23,29)(H,25,28). The van der Waals surface area contributed by atoms with Crippen molar-refractivity contribution in [3.05, 3.63) is 51.2 Å². The molecule has 1 amide bonds. The molecule has 3 aromatic rings. The molecule has 1 aliphatic heterocycles. The number of pyridine rings is 1. The van der Waals surface area contributed by atoms with Crippen LogP contribution in [-0.4, -0.2) is 51.8 Å². The summed E-state index contributed by atoms with van der Waals surface area (Å²) in [6.07, 6.45) is 3.42. The number of rotatable bonds is 6. The average molecular weight is 426 g/mol. The van der Waals surface area contributed by atoms with Crippen molar-refractivity contribution in [2.24, 2.45) is 0 Å². The summed E-state index contributed by atoms with van der Waals surface area (Å²) in [6.45, 7) is 5.34. The van der Waals surface area contributed by atoms with E-state index >= 15 is 0 Å². The second-order valence-electron chi connectivity index (χ2n) is 7.57. The second kappa shape index (κ2) is 8.76. The first kappa shape index (κ1) is 20.9. The van der Waals surface area contributed by atoms with Crippen LogP contribution in [0.1, 0.15) is 40.2 Å². The predicted octanol–water partition coefficient (Wildman–Crippen LogP) is 1.10. The molecule has 4 heterocycles. The van der Waals surface area contributed by atoms with Crippen LogP contribution in [0.4, 0.5) is 0 Å². The third kappa shape index (κ3) is 4.24. The molecule has 0 radical (unpaired) electrons. The molecule has 0 aliphatic carbocycles. The number of carbonyl (C=O) groups excluding carboxylic acids is 1. The molecule has 1 aliphatic rings. The van der Waals surface area contributed by atoms with Gasteiger partial charge in [-0.3, -0.25) is 9.59 Å². The van der Waals surface area contributed by atoms with Gasteiger partial charge in [0.1, 0.15) is 17.5 Å². The van der Waals surface area contributed by atoms with E-state index in [1.807, 2.05) is 0 Å². The van der Waals surface area contributed by atoms with Crippen molar-refractivity contribution >= 4 is 11.6 Å². The van der Waals surface area contributed by atoms with Crippen molar-refractivity contribution in [3.8, 4) is 11.6 Å². The topological polar surface area (TPSA) is 123 Å². The molecule has 3 aromatic heterocycles. The molecule has 1 saturated heterocycles. The van der Waals surface area contributed by atoms with Crippen LogP contribution < -0.4 is 25.7 Å². The number of amides is 1. The van der Waals surface area contributed by atoms with Gasteiger partial charge in [0, 0.05) is 17.3 Å². The van der Waals surface area contributed by atoms with E-state index in [0.717, 1.165) is 25.9 Å². The van der Waals surface area contributed by atoms with Gasteiger partial charge in [0.15, 0.2) is 5.65 Å². The number of hydrogen-bond donors (Lipinski definition) is 3. The van der Waals surface area contributed by atoms with Gasteiger partial charge in [-0.15, -0.1) is 0 Å². The maximum atomic E-state index is 13.0. The van der Waals surface area contributed by atoms with Crippen LogP contribution in [0, 0.1) is 13.8 Å². The van der Waals surface area contributed by atoms with Crippen molar-refractivity contribution in [3.63, 3.8) is 0 Å². The number of ether oxygens (including phenoxy) is 2. The van der Waals surface area contributed by atoms with Gasteiger partial charge in [-0.1, -0.05) is 0 Å². The van der Waals surface area contributed by atoms with Crippen molar-refractivity contribution in [1.82, 2.24) is 30.2 Å². The number of aromatic amines is 1. The molecule has 0 bridgehead atoms. The van der Waals surface area contributed by atoms with Gasteiger partial charge in [0.05, 0.1) is 25.4 Å². The lowest BCUT2D eigenvalue weighted by molar-refractivity contribution is 0.0942. The zero-order valence-electron chi connectivity index (χ0n) is 17.8. The SMILES string of the molecule is COc1cc(C)[nH]c(=O)c1CNC(=O)c1nc2ccnn2c(OC2CCNCC2)c1C. The normalized spacial score (nSPS) is 14.5. The lowest BCUT2D eigenvalue weighted by Gasteiger charge is -2.25. The molecule has 31 heavy (non-hydrogen) atoms. The van der Waals surface area contributed by atoms with Crippen LogP contribution >= 0.6 is 0 Å². The number of nitrogens with zero attached hydrogens (tertiary/aromatic N) is 3. The largest absolute Gasteiger partial charge is 0.496 e. The fourth-order valence-electron chi connectivity index (χ4n) is 3.71. The first-order valence-corrected chi connectivity index (χ1v) is 10.2. The maximum Gasteiger partial charge on any atom is 0.270 e. The molecule has 1 fully saturated rings. The first-order valence-electron chi connectivity index (χ1n) is 10.2. The van der Waals surface area contributed by atoms with Gasteiger partial charge < -0.3 is 25.1 Å². The maximum absolute atomic E-state index is 13.0. The summed E-state index contributed by atoms with van der Waals surface area (Å²) in [4.78, 5) is 32.5. The average Bonchev–Trinajstić information content (AvgIpc) is 3.23. The predicted molar refractivity (Wildman–Crippen MR) is 114 cm³/mol. The first-order chi connectivity index (χ1) is 15.0. The quantitative estimate of drug-likeness (QED) is 0.539. The molecule has 3 N–H and O–H groups in total. The minimum Gasteiger partial charge on any atom is -0.496 e. The zero-order chi connectivity index (χ0) is 22.0. The van der Waals surface area contributed by atoms with Crippen LogP contribution in [0.2, 0.25) is 0 Å². The Labute approximate surface area is 179 Å². The Morgan fingerprint density at radius 2 is 2.10 bits per heavy atom. The lowest BCUT2D eigenvalue weighted by Crippen LogP contribution is -2.35. The molecular weight excluding hydrogens is 400 g/mol. The van der Waals surface area contributed by atoms with Crippen LogP contribution in [-0.2, 0) is 6.54 Å². The van der Waals surface area contributed by atoms with E-state index in [9.17, 15) is 9.59 Å². The third-order valence-electron chi connectivity index (χ3n) is 5.37. The van der Waals surface area contributed by atoms with E-state index in [1.54, 1.807) is 36.7 Å². The molecule has 0 atom stereocenters. The number of carbonyl (C=O) groups is 1. The molecule has 10 heteroatoms. The number of fused-ring (bicyclic) bond motifs is 1. The van der Waals surface area contributed by atoms with E-state index in [2.05, 4.69) is 25.7 Å². The van der Waals surface area contributed by atoms with Crippen LogP contribution in [0.3, 0.4) is 0 Å². The highest BCUT2D eigenvalue weighted by Crippen LogP contribution is 2.25. The minimum atomic E-state index is -0.404. The van der Waals surface area contributed by atoms with Crippen molar-refractivity contribution < 1.29 is 14.3 Å². The van der Waals surface area contributed by atoms with E-state index < -0.39 is 5.91 Å². The molecular formula is C21H26N6O4. The van der Waals surface area contributed by atoms with E-state index in [1.165, 1.54) is 7.11 Å². The highest BCUT2D eigenvalue weighted by molar-refractivity contribution is 5.94. The summed E-state index contributed by atoms with van der Waals surface area (Å²) >= 11 is 0. The Kier molecular flexibility index (Phi) is 5.90. The highest BCUT2D eigenvalue weighted by atomic mass is 16.5. The fraction of sp³-hybridized carbons (Fsp3) is 0.429. The van der Waals surface area contributed by atoms with Gasteiger partial charge in [0.25, 0.3) is 11.5 Å². The number of H-pyrrole nitrogens is 1. The lowest BCUT2D eigenvalue weighted by atomic mass is 10.1. The number of methoxy groups -OCH3 is 1. The van der Waals surface area contributed by atoms with Crippen LogP contribution in [0.15, 0.2) is 23.1 Å². The zero-order valence-corrected chi connectivity index (χ0v) is 17.8. The summed E-state index contributed by atoms with van der Waals surface area (Å²) < 4.78 is 13.2. The fourth-order valence-corrected chi connectivity index (χ4v) is 3.71. The Hall–Kier alpha value is -3.40. The summed E-state index contributed by atoms with van der Waals surface area (Å²) in [5.41, 5.74) is 2.07.